The van der Waals surface area contributed by atoms with Crippen molar-refractivity contribution in [3.05, 3.63) is 71.4 Å². The van der Waals surface area contributed by atoms with E-state index in [4.69, 9.17) is 4.74 Å². The minimum absolute atomic E-state index is 0.198. The van der Waals surface area contributed by atoms with Crippen molar-refractivity contribution in [1.82, 2.24) is 20.3 Å². The van der Waals surface area contributed by atoms with E-state index in [2.05, 4.69) is 10.3 Å². The van der Waals surface area contributed by atoms with Gasteiger partial charge in [-0.2, -0.15) is 0 Å². The fourth-order valence-electron chi connectivity index (χ4n) is 3.69. The molecule has 1 fully saturated rings. The third-order valence-electron chi connectivity index (χ3n) is 5.38. The molecule has 1 saturated heterocycles. The number of benzene rings is 2. The van der Waals surface area contributed by atoms with Gasteiger partial charge in [0.1, 0.15) is 11.4 Å². The summed E-state index contributed by atoms with van der Waals surface area (Å²) in [5.74, 6) is -0.536. The molecule has 2 heterocycles. The molecule has 164 valence electrons. The number of methoxy groups -OCH3 is 1. The van der Waals surface area contributed by atoms with Crippen molar-refractivity contribution in [3.8, 4) is 5.75 Å². The van der Waals surface area contributed by atoms with Crippen LogP contribution in [-0.4, -0.2) is 59.5 Å². The lowest BCUT2D eigenvalue weighted by molar-refractivity contribution is -0.139. The summed E-state index contributed by atoms with van der Waals surface area (Å²) in [6.07, 6.45) is 0.647. The maximum absolute atomic E-state index is 13.2. The number of nitrogens with zero attached hydrogens (tertiary/aromatic N) is 3. The number of pyridine rings is 1. The number of rotatable bonds is 5. The number of hydrogen-bond donors (Lipinski definition) is 1. The Balaban J connectivity index is 1.47. The van der Waals surface area contributed by atoms with Gasteiger partial charge >= 0.3 is 0 Å². The monoisotopic (exact) mass is 432 g/mol. The SMILES string of the molecule is COc1cc(C(=O)N2CCCN2C(=O)CNC(=O)c2ccc(C)cc2)nc2ccccc12. The lowest BCUT2D eigenvalue weighted by Gasteiger charge is -2.28. The van der Waals surface area contributed by atoms with Gasteiger partial charge in [-0.25, -0.2) is 15.0 Å². The van der Waals surface area contributed by atoms with E-state index >= 15 is 0 Å². The molecule has 8 nitrogen and oxygen atoms in total. The Labute approximate surface area is 185 Å². The van der Waals surface area contributed by atoms with E-state index < -0.39 is 0 Å². The summed E-state index contributed by atoms with van der Waals surface area (Å²) in [6, 6.07) is 16.1. The number of para-hydroxylation sites is 1. The average Bonchev–Trinajstić information content (AvgIpc) is 3.31. The van der Waals surface area contributed by atoms with Crippen LogP contribution in [0.5, 0.6) is 5.75 Å². The highest BCUT2D eigenvalue weighted by Crippen LogP contribution is 2.26. The van der Waals surface area contributed by atoms with Gasteiger partial charge in [0.05, 0.1) is 19.2 Å². The standard InChI is InChI=1S/C24H24N4O4/c1-16-8-10-17(11-9-16)23(30)25-15-22(29)27-12-5-13-28(27)24(31)20-14-21(32-2)18-6-3-4-7-19(18)26-20/h3-4,6-11,14H,5,12-13,15H2,1-2H3,(H,25,30). The van der Waals surface area contributed by atoms with Crippen molar-refractivity contribution >= 4 is 28.6 Å². The van der Waals surface area contributed by atoms with Crippen LogP contribution in [0.1, 0.15) is 32.8 Å². The molecule has 3 amide bonds. The molecule has 0 spiro atoms. The Morgan fingerprint density at radius 1 is 1.03 bits per heavy atom. The molecule has 1 aromatic heterocycles. The molecule has 8 heteroatoms. The minimum Gasteiger partial charge on any atom is -0.496 e. The predicted octanol–water partition coefficient (Wildman–Crippen LogP) is 2.57. The molecule has 1 aliphatic rings. The molecule has 0 radical (unpaired) electrons. The van der Waals surface area contributed by atoms with Crippen molar-refractivity contribution in [2.75, 3.05) is 26.7 Å². The summed E-state index contributed by atoms with van der Waals surface area (Å²) >= 11 is 0. The van der Waals surface area contributed by atoms with Crippen LogP contribution in [0, 0.1) is 6.92 Å². The summed E-state index contributed by atoms with van der Waals surface area (Å²) in [6.45, 7) is 2.53. The summed E-state index contributed by atoms with van der Waals surface area (Å²) in [5.41, 5.74) is 2.36. The maximum Gasteiger partial charge on any atom is 0.291 e. The highest BCUT2D eigenvalue weighted by atomic mass is 16.5. The van der Waals surface area contributed by atoms with E-state index in [0.29, 0.717) is 36.3 Å². The van der Waals surface area contributed by atoms with Gasteiger partial charge in [0, 0.05) is 30.1 Å². The number of hydrazine groups is 1. The summed E-state index contributed by atoms with van der Waals surface area (Å²) in [7, 11) is 1.54. The molecule has 0 saturated carbocycles. The van der Waals surface area contributed by atoms with E-state index in [9.17, 15) is 14.4 Å². The molecule has 0 atom stereocenters. The molecule has 3 aromatic rings. The molecule has 4 rings (SSSR count). The Morgan fingerprint density at radius 2 is 1.75 bits per heavy atom. The van der Waals surface area contributed by atoms with Gasteiger partial charge in [-0.3, -0.25) is 14.4 Å². The van der Waals surface area contributed by atoms with Crippen LogP contribution in [0.4, 0.5) is 0 Å². The molecule has 1 N–H and O–H groups in total. The Kier molecular flexibility index (Phi) is 6.02. The quantitative estimate of drug-likeness (QED) is 0.669. The van der Waals surface area contributed by atoms with Crippen molar-refractivity contribution in [2.24, 2.45) is 0 Å². The Bertz CT molecular complexity index is 1180. The van der Waals surface area contributed by atoms with Crippen LogP contribution < -0.4 is 10.1 Å². The van der Waals surface area contributed by atoms with Crippen LogP contribution in [0.15, 0.2) is 54.6 Å². The average molecular weight is 432 g/mol. The third-order valence-corrected chi connectivity index (χ3v) is 5.38. The number of fused-ring (bicyclic) bond motifs is 1. The minimum atomic E-state index is -0.384. The van der Waals surface area contributed by atoms with Crippen molar-refractivity contribution < 1.29 is 19.1 Å². The predicted molar refractivity (Wildman–Crippen MR) is 119 cm³/mol. The van der Waals surface area contributed by atoms with Crippen LogP contribution in [0.2, 0.25) is 0 Å². The second kappa shape index (κ2) is 9.05. The summed E-state index contributed by atoms with van der Waals surface area (Å²) < 4.78 is 5.43. The first-order chi connectivity index (χ1) is 15.5. The third kappa shape index (κ3) is 4.25. The van der Waals surface area contributed by atoms with Crippen molar-refractivity contribution in [2.45, 2.75) is 13.3 Å². The fourth-order valence-corrected chi connectivity index (χ4v) is 3.69. The molecular weight excluding hydrogens is 408 g/mol. The van der Waals surface area contributed by atoms with Gasteiger partial charge in [-0.15, -0.1) is 0 Å². The number of aromatic nitrogens is 1. The smallest absolute Gasteiger partial charge is 0.291 e. The number of ether oxygens (including phenoxy) is 1. The van der Waals surface area contributed by atoms with E-state index in [1.165, 1.54) is 10.0 Å². The number of hydrogen-bond acceptors (Lipinski definition) is 5. The maximum atomic E-state index is 13.2. The van der Waals surface area contributed by atoms with Gasteiger partial charge < -0.3 is 10.1 Å². The lowest BCUT2D eigenvalue weighted by atomic mass is 10.1. The van der Waals surface area contributed by atoms with E-state index in [1.54, 1.807) is 25.3 Å². The van der Waals surface area contributed by atoms with Crippen LogP contribution >= 0.6 is 0 Å². The topological polar surface area (TPSA) is 91.8 Å². The Morgan fingerprint density at radius 3 is 2.50 bits per heavy atom. The number of carbonyl (C=O) groups excluding carboxylic acids is 3. The van der Waals surface area contributed by atoms with Crippen LogP contribution in [0.25, 0.3) is 10.9 Å². The molecular formula is C24H24N4O4. The van der Waals surface area contributed by atoms with Crippen LogP contribution in [0.3, 0.4) is 0 Å². The van der Waals surface area contributed by atoms with Gasteiger partial charge in [0.15, 0.2) is 0 Å². The summed E-state index contributed by atoms with van der Waals surface area (Å²) in [5, 5.41) is 6.20. The van der Waals surface area contributed by atoms with Gasteiger partial charge in [0.2, 0.25) is 0 Å². The number of amides is 3. The number of aryl methyl sites for hydroxylation is 1. The zero-order valence-electron chi connectivity index (χ0n) is 18.0. The van der Waals surface area contributed by atoms with Crippen molar-refractivity contribution in [1.29, 1.82) is 0 Å². The molecule has 32 heavy (non-hydrogen) atoms. The first-order valence-corrected chi connectivity index (χ1v) is 10.4. The van der Waals surface area contributed by atoms with E-state index in [1.807, 2.05) is 43.3 Å². The normalized spacial score (nSPS) is 13.3. The Hall–Kier alpha value is -3.94. The van der Waals surface area contributed by atoms with Gasteiger partial charge in [0.25, 0.3) is 17.7 Å². The highest BCUT2D eigenvalue weighted by Gasteiger charge is 2.32. The fraction of sp³-hybridized carbons (Fsp3) is 0.250. The van der Waals surface area contributed by atoms with Crippen LogP contribution in [-0.2, 0) is 4.79 Å². The second-order valence-corrected chi connectivity index (χ2v) is 7.57. The molecule has 2 aromatic carbocycles. The highest BCUT2D eigenvalue weighted by molar-refractivity contribution is 5.99. The first-order valence-electron chi connectivity index (χ1n) is 10.4. The zero-order chi connectivity index (χ0) is 22.7. The first kappa shape index (κ1) is 21.3. The lowest BCUT2D eigenvalue weighted by Crippen LogP contribution is -2.48. The second-order valence-electron chi connectivity index (χ2n) is 7.57. The zero-order valence-corrected chi connectivity index (χ0v) is 18.0. The molecule has 0 aliphatic carbocycles. The number of carbonyl (C=O) groups is 3. The molecule has 0 bridgehead atoms. The molecule has 1 aliphatic heterocycles. The van der Waals surface area contributed by atoms with Gasteiger partial charge in [-0.1, -0.05) is 29.8 Å². The largest absolute Gasteiger partial charge is 0.496 e. The summed E-state index contributed by atoms with van der Waals surface area (Å²) in [4.78, 5) is 42.8. The number of nitrogens with one attached hydrogen (secondary N) is 1. The van der Waals surface area contributed by atoms with Crippen molar-refractivity contribution in [3.63, 3.8) is 0 Å². The van der Waals surface area contributed by atoms with E-state index in [0.717, 1.165) is 10.9 Å². The van der Waals surface area contributed by atoms with Gasteiger partial charge in [-0.05, 0) is 37.6 Å². The van der Waals surface area contributed by atoms with E-state index in [-0.39, 0.29) is 30.0 Å². The molecule has 0 unspecified atom stereocenters.